The second-order valence-electron chi connectivity index (χ2n) is 7.66. The van der Waals surface area contributed by atoms with Gasteiger partial charge in [0.15, 0.2) is 0 Å². The van der Waals surface area contributed by atoms with Crippen LogP contribution in [0, 0.1) is 25.7 Å². The molecule has 0 aliphatic carbocycles. The Kier molecular flexibility index (Phi) is 3.77. The van der Waals surface area contributed by atoms with Crippen LogP contribution in [0.4, 0.5) is 11.6 Å². The molecule has 2 unspecified atom stereocenters. The molecule has 2 atom stereocenters. The van der Waals surface area contributed by atoms with Gasteiger partial charge in [-0.2, -0.15) is 0 Å². The standard InChI is InChI=1S/C19H24N6O/c1-12-13(2)20-10-22-18(12)24-5-14-7-25(8-15(14)6-24)19-16-9-26-4-3-17(16)21-11-23-19/h10-11,14-15H,3-9H2,1-2H3. The fourth-order valence-electron chi connectivity index (χ4n) is 4.60. The van der Waals surface area contributed by atoms with Gasteiger partial charge >= 0.3 is 0 Å². The number of ether oxygens (including phenoxy) is 1. The molecule has 136 valence electrons. The van der Waals surface area contributed by atoms with Crippen molar-refractivity contribution in [2.45, 2.75) is 26.9 Å². The maximum Gasteiger partial charge on any atom is 0.137 e. The number of fused-ring (bicyclic) bond motifs is 2. The highest BCUT2D eigenvalue weighted by atomic mass is 16.5. The van der Waals surface area contributed by atoms with E-state index in [-0.39, 0.29) is 0 Å². The van der Waals surface area contributed by atoms with Crippen LogP contribution in [0.15, 0.2) is 12.7 Å². The zero-order valence-electron chi connectivity index (χ0n) is 15.4. The van der Waals surface area contributed by atoms with Crippen LogP contribution in [0.2, 0.25) is 0 Å². The Labute approximate surface area is 153 Å². The van der Waals surface area contributed by atoms with Crippen molar-refractivity contribution in [3.63, 3.8) is 0 Å². The van der Waals surface area contributed by atoms with E-state index in [0.29, 0.717) is 18.4 Å². The van der Waals surface area contributed by atoms with E-state index in [1.54, 1.807) is 12.7 Å². The summed E-state index contributed by atoms with van der Waals surface area (Å²) in [6.07, 6.45) is 4.30. The maximum absolute atomic E-state index is 5.66. The molecule has 0 bridgehead atoms. The third kappa shape index (κ3) is 2.53. The van der Waals surface area contributed by atoms with Gasteiger partial charge in [-0.3, -0.25) is 0 Å². The lowest BCUT2D eigenvalue weighted by Gasteiger charge is -2.27. The normalized spacial score (nSPS) is 24.7. The highest BCUT2D eigenvalue weighted by molar-refractivity contribution is 5.53. The molecule has 5 heterocycles. The Morgan fingerprint density at radius 2 is 1.54 bits per heavy atom. The van der Waals surface area contributed by atoms with Crippen molar-refractivity contribution in [2.24, 2.45) is 11.8 Å². The minimum Gasteiger partial charge on any atom is -0.376 e. The average Bonchev–Trinajstić information content (AvgIpc) is 3.22. The minimum absolute atomic E-state index is 0.642. The molecule has 5 rings (SSSR count). The smallest absolute Gasteiger partial charge is 0.137 e. The topological polar surface area (TPSA) is 67.3 Å². The third-order valence-electron chi connectivity index (χ3n) is 6.14. The van der Waals surface area contributed by atoms with Crippen LogP contribution in [0.5, 0.6) is 0 Å². The third-order valence-corrected chi connectivity index (χ3v) is 6.14. The van der Waals surface area contributed by atoms with Crippen molar-refractivity contribution in [1.82, 2.24) is 19.9 Å². The Morgan fingerprint density at radius 3 is 2.31 bits per heavy atom. The van der Waals surface area contributed by atoms with Gasteiger partial charge in [-0.25, -0.2) is 19.9 Å². The summed E-state index contributed by atoms with van der Waals surface area (Å²) in [6, 6.07) is 0. The first-order valence-corrected chi connectivity index (χ1v) is 9.39. The quantitative estimate of drug-likeness (QED) is 0.812. The number of anilines is 2. The molecule has 2 aromatic heterocycles. The molecular weight excluding hydrogens is 328 g/mol. The molecule has 7 nitrogen and oxygen atoms in total. The van der Waals surface area contributed by atoms with Gasteiger partial charge in [0.25, 0.3) is 0 Å². The predicted molar refractivity (Wildman–Crippen MR) is 98.3 cm³/mol. The lowest BCUT2D eigenvalue weighted by molar-refractivity contribution is 0.109. The van der Waals surface area contributed by atoms with Crippen molar-refractivity contribution < 1.29 is 4.74 Å². The molecule has 0 radical (unpaired) electrons. The summed E-state index contributed by atoms with van der Waals surface area (Å²) in [7, 11) is 0. The van der Waals surface area contributed by atoms with Gasteiger partial charge in [0, 0.05) is 61.3 Å². The molecule has 0 N–H and O–H groups in total. The number of aromatic nitrogens is 4. The average molecular weight is 352 g/mol. The summed E-state index contributed by atoms with van der Waals surface area (Å²) in [6.45, 7) is 9.80. The van der Waals surface area contributed by atoms with Crippen molar-refractivity contribution in [3.8, 4) is 0 Å². The largest absolute Gasteiger partial charge is 0.376 e. The molecule has 3 aliphatic heterocycles. The fourth-order valence-corrected chi connectivity index (χ4v) is 4.60. The van der Waals surface area contributed by atoms with Crippen LogP contribution in [-0.4, -0.2) is 52.7 Å². The van der Waals surface area contributed by atoms with E-state index in [9.17, 15) is 0 Å². The zero-order chi connectivity index (χ0) is 17.7. The van der Waals surface area contributed by atoms with E-state index < -0.39 is 0 Å². The second-order valence-corrected chi connectivity index (χ2v) is 7.66. The first-order valence-electron chi connectivity index (χ1n) is 9.39. The molecule has 0 saturated carbocycles. The number of rotatable bonds is 2. The molecule has 0 spiro atoms. The number of aryl methyl sites for hydroxylation is 1. The lowest BCUT2D eigenvalue weighted by atomic mass is 10.0. The molecule has 3 aliphatic rings. The SMILES string of the molecule is Cc1ncnc(N2CC3CN(c4ncnc5c4COCC5)CC3C2)c1C. The van der Waals surface area contributed by atoms with Crippen LogP contribution in [0.25, 0.3) is 0 Å². The monoisotopic (exact) mass is 352 g/mol. The van der Waals surface area contributed by atoms with Crippen LogP contribution in [-0.2, 0) is 17.8 Å². The van der Waals surface area contributed by atoms with E-state index in [0.717, 1.165) is 62.2 Å². The van der Waals surface area contributed by atoms with E-state index in [1.807, 2.05) is 0 Å². The van der Waals surface area contributed by atoms with Gasteiger partial charge in [0.05, 0.1) is 18.9 Å². The number of hydrogen-bond donors (Lipinski definition) is 0. The molecule has 0 aromatic carbocycles. The fraction of sp³-hybridized carbons (Fsp3) is 0.579. The highest BCUT2D eigenvalue weighted by Crippen LogP contribution is 2.37. The Hall–Kier alpha value is -2.28. The van der Waals surface area contributed by atoms with E-state index in [1.165, 1.54) is 11.1 Å². The van der Waals surface area contributed by atoms with Gasteiger partial charge in [0.1, 0.15) is 24.3 Å². The van der Waals surface area contributed by atoms with Crippen molar-refractivity contribution >= 4 is 11.6 Å². The van der Waals surface area contributed by atoms with Gasteiger partial charge in [-0.1, -0.05) is 0 Å². The van der Waals surface area contributed by atoms with Crippen molar-refractivity contribution in [3.05, 3.63) is 35.2 Å². The van der Waals surface area contributed by atoms with Crippen molar-refractivity contribution in [1.29, 1.82) is 0 Å². The summed E-state index contributed by atoms with van der Waals surface area (Å²) >= 11 is 0. The summed E-state index contributed by atoms with van der Waals surface area (Å²) < 4.78 is 5.66. The van der Waals surface area contributed by atoms with Crippen LogP contribution in [0.1, 0.15) is 22.5 Å². The predicted octanol–water partition coefficient (Wildman–Crippen LogP) is 1.53. The second kappa shape index (κ2) is 6.16. The Balaban J connectivity index is 1.34. The molecule has 2 aromatic rings. The molecular formula is C19H24N6O. The Morgan fingerprint density at radius 1 is 0.885 bits per heavy atom. The molecule has 26 heavy (non-hydrogen) atoms. The summed E-state index contributed by atoms with van der Waals surface area (Å²) in [5.74, 6) is 3.50. The summed E-state index contributed by atoms with van der Waals surface area (Å²) in [5, 5.41) is 0. The Bertz CT molecular complexity index is 827. The first kappa shape index (κ1) is 15.9. The summed E-state index contributed by atoms with van der Waals surface area (Å²) in [4.78, 5) is 22.8. The highest BCUT2D eigenvalue weighted by Gasteiger charge is 2.42. The minimum atomic E-state index is 0.642. The first-order chi connectivity index (χ1) is 12.7. The maximum atomic E-state index is 5.66. The zero-order valence-corrected chi connectivity index (χ0v) is 15.4. The van der Waals surface area contributed by atoms with Gasteiger partial charge in [0.2, 0.25) is 0 Å². The van der Waals surface area contributed by atoms with E-state index in [4.69, 9.17) is 4.74 Å². The molecule has 2 fully saturated rings. The van der Waals surface area contributed by atoms with Crippen LogP contribution in [0.3, 0.4) is 0 Å². The number of nitrogens with zero attached hydrogens (tertiary/aromatic N) is 6. The lowest BCUT2D eigenvalue weighted by Crippen LogP contribution is -2.31. The van der Waals surface area contributed by atoms with Gasteiger partial charge < -0.3 is 14.5 Å². The van der Waals surface area contributed by atoms with Crippen molar-refractivity contribution in [2.75, 3.05) is 42.6 Å². The molecule has 0 amide bonds. The van der Waals surface area contributed by atoms with Crippen LogP contribution < -0.4 is 9.80 Å². The van der Waals surface area contributed by atoms with Gasteiger partial charge in [-0.05, 0) is 13.8 Å². The van der Waals surface area contributed by atoms with E-state index in [2.05, 4.69) is 43.6 Å². The molecule has 7 heteroatoms. The summed E-state index contributed by atoms with van der Waals surface area (Å²) in [5.41, 5.74) is 4.62. The molecule has 2 saturated heterocycles. The number of hydrogen-bond acceptors (Lipinski definition) is 7. The van der Waals surface area contributed by atoms with Gasteiger partial charge in [-0.15, -0.1) is 0 Å². The van der Waals surface area contributed by atoms with E-state index >= 15 is 0 Å². The van der Waals surface area contributed by atoms with Crippen LogP contribution >= 0.6 is 0 Å².